The molecule has 7 heteroatoms. The van der Waals surface area contributed by atoms with Crippen molar-refractivity contribution in [1.82, 2.24) is 5.32 Å². The number of hydrogen-bond donors (Lipinski definition) is 2. The minimum absolute atomic E-state index is 0.185. The monoisotopic (exact) mass is 229 g/mol. The minimum Gasteiger partial charge on any atom is -0.385 e. The first-order valence-corrected chi connectivity index (χ1v) is 4.28. The molecular formula is C9H6F3N3O. The van der Waals surface area contributed by atoms with Crippen LogP contribution in [0.3, 0.4) is 0 Å². The number of hydrogen-bond acceptors (Lipinski definition) is 2. The molecule has 0 bridgehead atoms. The second kappa shape index (κ2) is 3.51. The number of carbonyl (C=O) groups excluding carboxylic acids is 1. The molecule has 0 aromatic heterocycles. The molecular weight excluding hydrogens is 223 g/mol. The van der Waals surface area contributed by atoms with Gasteiger partial charge in [-0.2, -0.15) is 4.99 Å². The second-order valence-electron chi connectivity index (χ2n) is 3.21. The molecule has 1 atom stereocenters. The van der Waals surface area contributed by atoms with Crippen molar-refractivity contribution in [3.05, 3.63) is 35.1 Å². The number of nitrogens with zero attached hydrogens (tertiary/aromatic N) is 1. The third-order valence-electron chi connectivity index (χ3n) is 2.14. The van der Waals surface area contributed by atoms with Crippen LogP contribution in [0.25, 0.3) is 0 Å². The molecule has 1 aliphatic heterocycles. The number of halogens is 3. The highest BCUT2D eigenvalue weighted by Crippen LogP contribution is 2.23. The summed E-state index contributed by atoms with van der Waals surface area (Å²) in [5.41, 5.74) is 5.08. The van der Waals surface area contributed by atoms with Crippen LogP contribution in [0.2, 0.25) is 0 Å². The maximum Gasteiger partial charge on any atom is 0.343 e. The molecule has 2 amide bonds. The van der Waals surface area contributed by atoms with E-state index in [-0.39, 0.29) is 11.4 Å². The smallest absolute Gasteiger partial charge is 0.343 e. The van der Waals surface area contributed by atoms with E-state index in [0.29, 0.717) is 12.1 Å². The van der Waals surface area contributed by atoms with Crippen LogP contribution in [0.5, 0.6) is 0 Å². The fourth-order valence-electron chi connectivity index (χ4n) is 1.41. The summed E-state index contributed by atoms with van der Waals surface area (Å²) in [5, 5.41) is 2.21. The Morgan fingerprint density at radius 3 is 2.38 bits per heavy atom. The molecule has 1 aromatic rings. The molecule has 1 aromatic carbocycles. The van der Waals surface area contributed by atoms with Crippen LogP contribution in [0.4, 0.5) is 18.0 Å². The summed E-state index contributed by atoms with van der Waals surface area (Å²) in [6.45, 7) is 0. The molecule has 2 rings (SSSR count). The van der Waals surface area contributed by atoms with Crippen molar-refractivity contribution < 1.29 is 18.0 Å². The molecule has 0 aliphatic carbocycles. The number of urea groups is 1. The van der Waals surface area contributed by atoms with E-state index < -0.39 is 29.5 Å². The lowest BCUT2D eigenvalue weighted by atomic mass is 10.1. The van der Waals surface area contributed by atoms with Crippen molar-refractivity contribution in [2.45, 2.75) is 6.04 Å². The number of aliphatic imine (C=N–C) groups is 1. The van der Waals surface area contributed by atoms with Gasteiger partial charge in [-0.25, -0.2) is 18.0 Å². The van der Waals surface area contributed by atoms with Crippen LogP contribution in [0, 0.1) is 17.5 Å². The van der Waals surface area contributed by atoms with Crippen molar-refractivity contribution >= 4 is 11.9 Å². The summed E-state index contributed by atoms with van der Waals surface area (Å²) < 4.78 is 38.9. The maximum atomic E-state index is 13.3. The average molecular weight is 229 g/mol. The zero-order valence-corrected chi connectivity index (χ0v) is 7.80. The zero-order chi connectivity index (χ0) is 11.9. The Hall–Kier alpha value is -2.05. The lowest BCUT2D eigenvalue weighted by Gasteiger charge is -2.12. The zero-order valence-electron chi connectivity index (χ0n) is 7.80. The fraction of sp³-hybridized carbons (Fsp3) is 0.111. The number of nitrogens with two attached hydrogens (primary N) is 1. The van der Waals surface area contributed by atoms with Crippen LogP contribution in [0.15, 0.2) is 17.1 Å². The van der Waals surface area contributed by atoms with Crippen molar-refractivity contribution in [3.8, 4) is 0 Å². The highest BCUT2D eigenvalue weighted by Gasteiger charge is 2.28. The summed E-state index contributed by atoms with van der Waals surface area (Å²) in [4.78, 5) is 14.1. The second-order valence-corrected chi connectivity index (χ2v) is 3.21. The number of carbonyl (C=O) groups is 1. The van der Waals surface area contributed by atoms with Gasteiger partial charge in [0, 0.05) is 11.6 Å². The highest BCUT2D eigenvalue weighted by atomic mass is 19.2. The Labute approximate surface area is 88.0 Å². The van der Waals surface area contributed by atoms with Crippen molar-refractivity contribution in [2.75, 3.05) is 0 Å². The number of amidine groups is 1. The van der Waals surface area contributed by atoms with Crippen molar-refractivity contribution in [3.63, 3.8) is 0 Å². The SMILES string of the molecule is NC1=NC(=O)NC1c1cc(F)c(F)cc1F. The number of rotatable bonds is 1. The average Bonchev–Trinajstić information content (AvgIpc) is 2.51. The van der Waals surface area contributed by atoms with Gasteiger partial charge in [-0.3, -0.25) is 0 Å². The Bertz CT molecular complexity index is 501. The molecule has 0 spiro atoms. The largest absolute Gasteiger partial charge is 0.385 e. The summed E-state index contributed by atoms with van der Waals surface area (Å²) in [5.74, 6) is -3.70. The van der Waals surface area contributed by atoms with Gasteiger partial charge in [0.1, 0.15) is 17.7 Å². The fourth-order valence-corrected chi connectivity index (χ4v) is 1.41. The summed E-state index contributed by atoms with van der Waals surface area (Å²) in [6, 6.07) is -0.764. The highest BCUT2D eigenvalue weighted by molar-refractivity contribution is 6.03. The van der Waals surface area contributed by atoms with Gasteiger partial charge < -0.3 is 11.1 Å². The van der Waals surface area contributed by atoms with Gasteiger partial charge in [-0.1, -0.05) is 0 Å². The van der Waals surface area contributed by atoms with Gasteiger partial charge in [0.25, 0.3) is 0 Å². The molecule has 16 heavy (non-hydrogen) atoms. The van der Waals surface area contributed by atoms with E-state index in [1.165, 1.54) is 0 Å². The number of benzene rings is 1. The molecule has 1 aliphatic rings. The quantitative estimate of drug-likeness (QED) is 0.711. The Morgan fingerprint density at radius 1 is 1.19 bits per heavy atom. The summed E-state index contributed by atoms with van der Waals surface area (Å²) >= 11 is 0. The summed E-state index contributed by atoms with van der Waals surface area (Å²) in [7, 11) is 0. The van der Waals surface area contributed by atoms with E-state index in [1.807, 2.05) is 0 Å². The molecule has 84 valence electrons. The maximum absolute atomic E-state index is 13.3. The Morgan fingerprint density at radius 2 is 1.81 bits per heavy atom. The number of nitrogens with one attached hydrogen (secondary N) is 1. The van der Waals surface area contributed by atoms with E-state index in [0.717, 1.165) is 0 Å². The van der Waals surface area contributed by atoms with Crippen LogP contribution < -0.4 is 11.1 Å². The van der Waals surface area contributed by atoms with Crippen LogP contribution >= 0.6 is 0 Å². The molecule has 4 nitrogen and oxygen atoms in total. The number of amides is 2. The predicted octanol–water partition coefficient (Wildman–Crippen LogP) is 1.23. The molecule has 0 fully saturated rings. The summed E-state index contributed by atoms with van der Waals surface area (Å²) in [6.07, 6.45) is 0. The van der Waals surface area contributed by atoms with Crippen LogP contribution in [-0.4, -0.2) is 11.9 Å². The van der Waals surface area contributed by atoms with Gasteiger partial charge in [0.15, 0.2) is 11.6 Å². The van der Waals surface area contributed by atoms with Gasteiger partial charge in [0.05, 0.1) is 0 Å². The first-order valence-electron chi connectivity index (χ1n) is 4.28. The standard InChI is InChI=1S/C9H6F3N3O/c10-4-2-6(12)5(11)1-3(4)7-8(13)15-9(16)14-7/h1-2,7H,(H3,13,14,15,16). The molecule has 0 saturated heterocycles. The normalized spacial score (nSPS) is 19.6. The lowest BCUT2D eigenvalue weighted by Crippen LogP contribution is -2.28. The topological polar surface area (TPSA) is 67.5 Å². The molecule has 1 heterocycles. The van der Waals surface area contributed by atoms with E-state index in [1.54, 1.807) is 0 Å². The first-order chi connectivity index (χ1) is 7.49. The molecule has 0 saturated carbocycles. The minimum atomic E-state index is -1.30. The van der Waals surface area contributed by atoms with Crippen molar-refractivity contribution in [1.29, 1.82) is 0 Å². The van der Waals surface area contributed by atoms with Gasteiger partial charge >= 0.3 is 6.03 Å². The molecule has 0 radical (unpaired) electrons. The van der Waals surface area contributed by atoms with E-state index in [4.69, 9.17) is 5.73 Å². The third-order valence-corrected chi connectivity index (χ3v) is 2.14. The van der Waals surface area contributed by atoms with Crippen LogP contribution in [0.1, 0.15) is 11.6 Å². The Kier molecular flexibility index (Phi) is 2.30. The van der Waals surface area contributed by atoms with E-state index >= 15 is 0 Å². The van der Waals surface area contributed by atoms with Gasteiger partial charge in [0.2, 0.25) is 0 Å². The van der Waals surface area contributed by atoms with Crippen LogP contribution in [-0.2, 0) is 0 Å². The van der Waals surface area contributed by atoms with Gasteiger partial charge in [-0.05, 0) is 6.07 Å². The lowest BCUT2D eigenvalue weighted by molar-refractivity contribution is 0.250. The molecule has 1 unspecified atom stereocenters. The van der Waals surface area contributed by atoms with Crippen molar-refractivity contribution in [2.24, 2.45) is 10.7 Å². The predicted molar refractivity (Wildman–Crippen MR) is 49.2 cm³/mol. The molecule has 3 N–H and O–H groups in total. The first kappa shape index (κ1) is 10.5. The third kappa shape index (κ3) is 1.60. The van der Waals surface area contributed by atoms with Gasteiger partial charge in [-0.15, -0.1) is 0 Å². The van der Waals surface area contributed by atoms with E-state index in [9.17, 15) is 18.0 Å². The van der Waals surface area contributed by atoms with E-state index in [2.05, 4.69) is 10.3 Å². The Balaban J connectivity index is 2.46.